The van der Waals surface area contributed by atoms with Crippen molar-refractivity contribution in [2.75, 3.05) is 5.32 Å². The Bertz CT molecular complexity index is 538. The van der Waals surface area contributed by atoms with E-state index in [1.807, 2.05) is 19.9 Å². The van der Waals surface area contributed by atoms with Crippen LogP contribution in [-0.4, -0.2) is 21.1 Å². The Kier molecular flexibility index (Phi) is 3.43. The van der Waals surface area contributed by atoms with Gasteiger partial charge in [-0.05, 0) is 25.5 Å². The number of amides is 1. The zero-order chi connectivity index (χ0) is 12.3. The number of nitrogens with one attached hydrogen (secondary N) is 1. The molecule has 0 saturated carbocycles. The summed E-state index contributed by atoms with van der Waals surface area (Å²) in [6, 6.07) is 1.85. The average molecular weight is 248 g/mol. The third-order valence-corrected chi connectivity index (χ3v) is 3.03. The van der Waals surface area contributed by atoms with Crippen LogP contribution in [0.1, 0.15) is 15.6 Å². The monoisotopic (exact) mass is 248 g/mol. The first-order valence-corrected chi connectivity index (χ1v) is 5.96. The van der Waals surface area contributed by atoms with Gasteiger partial charge in [0.15, 0.2) is 0 Å². The smallest absolute Gasteiger partial charge is 0.231 e. The molecule has 0 spiro atoms. The SMILES string of the molecule is Cc1nnc(CC(=O)Nc2cnccc2C)s1. The molecule has 2 aromatic heterocycles. The Hall–Kier alpha value is -1.82. The average Bonchev–Trinajstić information content (AvgIpc) is 2.67. The molecule has 17 heavy (non-hydrogen) atoms. The number of carbonyl (C=O) groups excluding carboxylic acids is 1. The molecule has 1 N–H and O–H groups in total. The predicted octanol–water partition coefficient (Wildman–Crippen LogP) is 1.73. The van der Waals surface area contributed by atoms with Crippen LogP contribution in [-0.2, 0) is 11.2 Å². The van der Waals surface area contributed by atoms with Gasteiger partial charge in [-0.15, -0.1) is 21.5 Å². The second-order valence-electron chi connectivity index (χ2n) is 3.63. The van der Waals surface area contributed by atoms with E-state index in [0.29, 0.717) is 0 Å². The van der Waals surface area contributed by atoms with Crippen molar-refractivity contribution in [2.24, 2.45) is 0 Å². The molecule has 2 rings (SSSR count). The van der Waals surface area contributed by atoms with E-state index in [1.165, 1.54) is 11.3 Å². The third-order valence-electron chi connectivity index (χ3n) is 2.19. The molecule has 5 nitrogen and oxygen atoms in total. The second kappa shape index (κ2) is 5.01. The fourth-order valence-electron chi connectivity index (χ4n) is 1.34. The summed E-state index contributed by atoms with van der Waals surface area (Å²) in [5, 5.41) is 12.2. The number of hydrogen-bond donors (Lipinski definition) is 1. The van der Waals surface area contributed by atoms with E-state index in [1.54, 1.807) is 12.4 Å². The molecule has 0 bridgehead atoms. The van der Waals surface area contributed by atoms with Gasteiger partial charge in [0, 0.05) is 6.20 Å². The zero-order valence-corrected chi connectivity index (χ0v) is 10.4. The summed E-state index contributed by atoms with van der Waals surface area (Å²) in [4.78, 5) is 15.7. The maximum atomic E-state index is 11.7. The number of aryl methyl sites for hydroxylation is 2. The number of aromatic nitrogens is 3. The Morgan fingerprint density at radius 1 is 1.41 bits per heavy atom. The Labute approximate surface area is 103 Å². The molecule has 1 amide bonds. The lowest BCUT2D eigenvalue weighted by Gasteiger charge is -2.05. The molecule has 0 aliphatic rings. The van der Waals surface area contributed by atoms with Crippen molar-refractivity contribution in [2.45, 2.75) is 20.3 Å². The molecule has 0 radical (unpaired) electrons. The molecule has 0 atom stereocenters. The van der Waals surface area contributed by atoms with E-state index in [0.717, 1.165) is 21.3 Å². The maximum Gasteiger partial charge on any atom is 0.231 e. The van der Waals surface area contributed by atoms with Crippen LogP contribution in [0.4, 0.5) is 5.69 Å². The van der Waals surface area contributed by atoms with E-state index >= 15 is 0 Å². The van der Waals surface area contributed by atoms with Crippen LogP contribution in [0.5, 0.6) is 0 Å². The molecule has 0 unspecified atom stereocenters. The first-order valence-electron chi connectivity index (χ1n) is 5.14. The van der Waals surface area contributed by atoms with Crippen molar-refractivity contribution < 1.29 is 4.79 Å². The minimum atomic E-state index is -0.0998. The highest BCUT2D eigenvalue weighted by atomic mass is 32.1. The highest BCUT2D eigenvalue weighted by molar-refractivity contribution is 7.11. The number of carbonyl (C=O) groups is 1. The quantitative estimate of drug-likeness (QED) is 0.898. The van der Waals surface area contributed by atoms with Crippen LogP contribution in [0, 0.1) is 13.8 Å². The normalized spacial score (nSPS) is 10.2. The molecule has 0 aromatic carbocycles. The number of rotatable bonds is 3. The summed E-state index contributed by atoms with van der Waals surface area (Å²) < 4.78 is 0. The zero-order valence-electron chi connectivity index (χ0n) is 9.60. The molecule has 0 fully saturated rings. The van der Waals surface area contributed by atoms with Gasteiger partial charge in [0.1, 0.15) is 10.0 Å². The Morgan fingerprint density at radius 2 is 2.24 bits per heavy atom. The fraction of sp³-hybridized carbons (Fsp3) is 0.273. The lowest BCUT2D eigenvalue weighted by molar-refractivity contribution is -0.115. The van der Waals surface area contributed by atoms with E-state index in [9.17, 15) is 4.79 Å². The van der Waals surface area contributed by atoms with Crippen molar-refractivity contribution >= 4 is 22.9 Å². The summed E-state index contributed by atoms with van der Waals surface area (Å²) in [6.07, 6.45) is 3.58. The van der Waals surface area contributed by atoms with Gasteiger partial charge >= 0.3 is 0 Å². The van der Waals surface area contributed by atoms with Gasteiger partial charge in [0.2, 0.25) is 5.91 Å². The van der Waals surface area contributed by atoms with Crippen molar-refractivity contribution in [3.63, 3.8) is 0 Å². The molecular weight excluding hydrogens is 236 g/mol. The summed E-state index contributed by atoms with van der Waals surface area (Å²) >= 11 is 1.43. The van der Waals surface area contributed by atoms with E-state index < -0.39 is 0 Å². The largest absolute Gasteiger partial charge is 0.324 e. The van der Waals surface area contributed by atoms with E-state index in [4.69, 9.17) is 0 Å². The Balaban J connectivity index is 2.01. The van der Waals surface area contributed by atoms with Gasteiger partial charge in [-0.3, -0.25) is 9.78 Å². The number of hydrogen-bond acceptors (Lipinski definition) is 5. The van der Waals surface area contributed by atoms with Crippen LogP contribution < -0.4 is 5.32 Å². The van der Waals surface area contributed by atoms with E-state index in [-0.39, 0.29) is 12.3 Å². The van der Waals surface area contributed by atoms with Gasteiger partial charge in [-0.1, -0.05) is 0 Å². The highest BCUT2D eigenvalue weighted by Gasteiger charge is 2.09. The molecule has 2 aromatic rings. The summed E-state index contributed by atoms with van der Waals surface area (Å²) in [6.45, 7) is 3.79. The number of nitrogens with zero attached hydrogens (tertiary/aromatic N) is 3. The maximum absolute atomic E-state index is 11.7. The van der Waals surface area contributed by atoms with Crippen LogP contribution in [0.3, 0.4) is 0 Å². The summed E-state index contributed by atoms with van der Waals surface area (Å²) in [7, 11) is 0. The molecule has 6 heteroatoms. The number of anilines is 1. The molecule has 0 aliphatic carbocycles. The first kappa shape index (κ1) is 11.7. The van der Waals surface area contributed by atoms with Crippen molar-refractivity contribution in [1.82, 2.24) is 15.2 Å². The molecular formula is C11H12N4OS. The van der Waals surface area contributed by atoms with Crippen LogP contribution >= 0.6 is 11.3 Å². The molecule has 88 valence electrons. The molecule has 0 saturated heterocycles. The van der Waals surface area contributed by atoms with Crippen molar-refractivity contribution in [3.05, 3.63) is 34.0 Å². The lowest BCUT2D eigenvalue weighted by Crippen LogP contribution is -2.15. The third kappa shape index (κ3) is 3.07. The highest BCUT2D eigenvalue weighted by Crippen LogP contribution is 2.13. The van der Waals surface area contributed by atoms with Crippen molar-refractivity contribution in [3.8, 4) is 0 Å². The second-order valence-corrected chi connectivity index (χ2v) is 4.90. The summed E-state index contributed by atoms with van der Waals surface area (Å²) in [5.41, 5.74) is 1.72. The van der Waals surface area contributed by atoms with Crippen LogP contribution in [0.2, 0.25) is 0 Å². The van der Waals surface area contributed by atoms with Crippen LogP contribution in [0.15, 0.2) is 18.5 Å². The topological polar surface area (TPSA) is 67.8 Å². The lowest BCUT2D eigenvalue weighted by atomic mass is 10.2. The van der Waals surface area contributed by atoms with Gasteiger partial charge < -0.3 is 5.32 Å². The van der Waals surface area contributed by atoms with Crippen LogP contribution in [0.25, 0.3) is 0 Å². The van der Waals surface area contributed by atoms with Gasteiger partial charge in [-0.25, -0.2) is 0 Å². The molecule has 2 heterocycles. The minimum absolute atomic E-state index is 0.0998. The predicted molar refractivity (Wildman–Crippen MR) is 66.0 cm³/mol. The summed E-state index contributed by atoms with van der Waals surface area (Å²) in [5.74, 6) is -0.0998. The minimum Gasteiger partial charge on any atom is -0.324 e. The Morgan fingerprint density at radius 3 is 2.88 bits per heavy atom. The van der Waals surface area contributed by atoms with E-state index in [2.05, 4.69) is 20.5 Å². The van der Waals surface area contributed by atoms with Crippen molar-refractivity contribution in [1.29, 1.82) is 0 Å². The van der Waals surface area contributed by atoms with Gasteiger partial charge in [-0.2, -0.15) is 0 Å². The van der Waals surface area contributed by atoms with Gasteiger partial charge in [0.25, 0.3) is 0 Å². The van der Waals surface area contributed by atoms with Gasteiger partial charge in [0.05, 0.1) is 18.3 Å². The fourth-order valence-corrected chi connectivity index (χ4v) is 2.04. The number of pyridine rings is 1. The standard InChI is InChI=1S/C11H12N4OS/c1-7-3-4-12-6-9(7)13-10(16)5-11-15-14-8(2)17-11/h3-4,6H,5H2,1-2H3,(H,13,16). The molecule has 0 aliphatic heterocycles. The first-order chi connectivity index (χ1) is 8.15.